The van der Waals surface area contributed by atoms with Gasteiger partial charge in [0.2, 0.25) is 5.89 Å². The fraction of sp³-hybridized carbons (Fsp3) is 0.385. The monoisotopic (exact) mass is 285 g/mol. The largest absolute Gasteiger partial charge is 0.339 e. The van der Waals surface area contributed by atoms with Gasteiger partial charge in [0.25, 0.3) is 0 Å². The third-order valence-electron chi connectivity index (χ3n) is 2.76. The lowest BCUT2D eigenvalue weighted by atomic mass is 10.1. The zero-order valence-corrected chi connectivity index (χ0v) is 11.7. The zero-order valence-electron chi connectivity index (χ0n) is 10.9. The molecule has 0 fully saturated rings. The molecule has 6 heteroatoms. The van der Waals surface area contributed by atoms with Crippen LogP contribution in [0.4, 0.5) is 4.39 Å². The Morgan fingerprint density at radius 1 is 1.32 bits per heavy atom. The van der Waals surface area contributed by atoms with Crippen LogP contribution in [0.25, 0.3) is 0 Å². The highest BCUT2D eigenvalue weighted by molar-refractivity contribution is 5.85. The van der Waals surface area contributed by atoms with E-state index in [1.54, 1.807) is 12.1 Å². The van der Waals surface area contributed by atoms with Gasteiger partial charge in [-0.1, -0.05) is 17.3 Å². The van der Waals surface area contributed by atoms with Gasteiger partial charge in [0.15, 0.2) is 5.82 Å². The van der Waals surface area contributed by atoms with Crippen molar-refractivity contribution >= 4 is 12.4 Å². The predicted octanol–water partition coefficient (Wildman–Crippen LogP) is 2.37. The second-order valence-corrected chi connectivity index (χ2v) is 4.30. The van der Waals surface area contributed by atoms with Crippen molar-refractivity contribution in [1.29, 1.82) is 0 Å². The first-order chi connectivity index (χ1) is 8.67. The highest BCUT2D eigenvalue weighted by atomic mass is 35.5. The van der Waals surface area contributed by atoms with Crippen molar-refractivity contribution in [2.75, 3.05) is 7.05 Å². The standard InChI is InChI=1S/C13H16FN3O.ClH/c1-9(15-2)7-12-16-13(18-17-12)8-10-3-5-11(14)6-4-10;/h3-6,9,15H,7-8H2,1-2H3;1H. The van der Waals surface area contributed by atoms with E-state index < -0.39 is 0 Å². The summed E-state index contributed by atoms with van der Waals surface area (Å²) in [5.41, 5.74) is 0.952. The molecule has 4 nitrogen and oxygen atoms in total. The number of nitrogens with zero attached hydrogens (tertiary/aromatic N) is 2. The van der Waals surface area contributed by atoms with Gasteiger partial charge in [-0.2, -0.15) is 4.98 Å². The van der Waals surface area contributed by atoms with Crippen molar-refractivity contribution in [3.63, 3.8) is 0 Å². The van der Waals surface area contributed by atoms with Crippen molar-refractivity contribution in [2.45, 2.75) is 25.8 Å². The van der Waals surface area contributed by atoms with Gasteiger partial charge in [0.05, 0.1) is 6.42 Å². The van der Waals surface area contributed by atoms with E-state index in [1.165, 1.54) is 12.1 Å². The Hall–Kier alpha value is -1.46. The molecule has 2 aromatic rings. The maximum Gasteiger partial charge on any atom is 0.231 e. The first-order valence-corrected chi connectivity index (χ1v) is 5.90. The molecule has 0 radical (unpaired) electrons. The first-order valence-electron chi connectivity index (χ1n) is 5.90. The quantitative estimate of drug-likeness (QED) is 0.916. The predicted molar refractivity (Wildman–Crippen MR) is 73.0 cm³/mol. The highest BCUT2D eigenvalue weighted by Crippen LogP contribution is 2.09. The zero-order chi connectivity index (χ0) is 13.0. The number of halogens is 2. The average molecular weight is 286 g/mol. The van der Waals surface area contributed by atoms with Crippen molar-refractivity contribution < 1.29 is 8.91 Å². The Balaban J connectivity index is 0.00000180. The minimum Gasteiger partial charge on any atom is -0.339 e. The summed E-state index contributed by atoms with van der Waals surface area (Å²) < 4.78 is 17.9. The van der Waals surface area contributed by atoms with Gasteiger partial charge in [0, 0.05) is 12.5 Å². The molecular formula is C13H17ClFN3O. The molecule has 0 amide bonds. The molecule has 0 aliphatic carbocycles. The lowest BCUT2D eigenvalue weighted by Gasteiger charge is -2.04. The molecular weight excluding hydrogens is 269 g/mol. The Kier molecular flexibility index (Phi) is 5.92. The topological polar surface area (TPSA) is 51.0 Å². The van der Waals surface area contributed by atoms with Crippen LogP contribution in [-0.2, 0) is 12.8 Å². The molecule has 0 saturated heterocycles. The first kappa shape index (κ1) is 15.6. The molecule has 2 rings (SSSR count). The lowest BCUT2D eigenvalue weighted by Crippen LogP contribution is -2.24. The molecule has 19 heavy (non-hydrogen) atoms. The summed E-state index contributed by atoms with van der Waals surface area (Å²) in [4.78, 5) is 4.30. The summed E-state index contributed by atoms with van der Waals surface area (Å²) in [6, 6.07) is 6.59. The second-order valence-electron chi connectivity index (χ2n) is 4.30. The van der Waals surface area contributed by atoms with Crippen molar-refractivity contribution in [3.8, 4) is 0 Å². The normalized spacial score (nSPS) is 11.9. The maximum absolute atomic E-state index is 12.8. The van der Waals surface area contributed by atoms with E-state index in [0.29, 0.717) is 24.2 Å². The number of benzene rings is 1. The SMILES string of the molecule is CNC(C)Cc1noc(Cc2ccc(F)cc2)n1.Cl. The van der Waals surface area contributed by atoms with E-state index in [2.05, 4.69) is 22.4 Å². The summed E-state index contributed by atoms with van der Waals surface area (Å²) in [6.07, 6.45) is 1.25. The fourth-order valence-electron chi connectivity index (χ4n) is 1.60. The highest BCUT2D eigenvalue weighted by Gasteiger charge is 2.09. The molecule has 1 heterocycles. The van der Waals surface area contributed by atoms with E-state index in [4.69, 9.17) is 4.52 Å². The average Bonchev–Trinajstić information content (AvgIpc) is 2.79. The van der Waals surface area contributed by atoms with E-state index in [1.807, 2.05) is 7.05 Å². The number of nitrogens with one attached hydrogen (secondary N) is 1. The molecule has 0 aliphatic heterocycles. The van der Waals surface area contributed by atoms with Gasteiger partial charge < -0.3 is 9.84 Å². The summed E-state index contributed by atoms with van der Waals surface area (Å²) in [5.74, 6) is 1.00. The molecule has 104 valence electrons. The van der Waals surface area contributed by atoms with Crippen LogP contribution < -0.4 is 5.32 Å². The molecule has 0 aliphatic rings. The van der Waals surface area contributed by atoms with Gasteiger partial charge in [-0.3, -0.25) is 0 Å². The van der Waals surface area contributed by atoms with Crippen LogP contribution in [-0.4, -0.2) is 23.2 Å². The van der Waals surface area contributed by atoms with E-state index >= 15 is 0 Å². The Morgan fingerprint density at radius 2 is 2.00 bits per heavy atom. The summed E-state index contributed by atoms with van der Waals surface area (Å²) in [5, 5.41) is 7.03. The van der Waals surface area contributed by atoms with Gasteiger partial charge in [-0.25, -0.2) is 4.39 Å². The van der Waals surface area contributed by atoms with Crippen LogP contribution in [0.15, 0.2) is 28.8 Å². The molecule has 1 atom stereocenters. The number of hydrogen-bond donors (Lipinski definition) is 1. The third kappa shape index (κ3) is 4.61. The maximum atomic E-state index is 12.8. The second kappa shape index (κ2) is 7.21. The number of likely N-dealkylation sites (N-methyl/N-ethyl adjacent to an activating group) is 1. The summed E-state index contributed by atoms with van der Waals surface area (Å²) >= 11 is 0. The summed E-state index contributed by atoms with van der Waals surface area (Å²) in [7, 11) is 1.89. The van der Waals surface area contributed by atoms with Crippen molar-refractivity contribution in [1.82, 2.24) is 15.5 Å². The smallest absolute Gasteiger partial charge is 0.231 e. The summed E-state index contributed by atoms with van der Waals surface area (Å²) in [6.45, 7) is 2.05. The fourth-order valence-corrected chi connectivity index (χ4v) is 1.60. The van der Waals surface area contributed by atoms with Crippen molar-refractivity contribution in [2.24, 2.45) is 0 Å². The molecule has 1 aromatic carbocycles. The van der Waals surface area contributed by atoms with E-state index in [0.717, 1.165) is 12.0 Å². The third-order valence-corrected chi connectivity index (χ3v) is 2.76. The molecule has 0 bridgehead atoms. The Bertz CT molecular complexity index is 501. The lowest BCUT2D eigenvalue weighted by molar-refractivity contribution is 0.377. The van der Waals surface area contributed by atoms with Crippen LogP contribution in [0.2, 0.25) is 0 Å². The molecule has 1 unspecified atom stereocenters. The Morgan fingerprint density at radius 3 is 2.63 bits per heavy atom. The van der Waals surface area contributed by atoms with E-state index in [9.17, 15) is 4.39 Å². The van der Waals surface area contributed by atoms with Crippen LogP contribution >= 0.6 is 12.4 Å². The molecule has 0 spiro atoms. The number of aromatic nitrogens is 2. The van der Waals surface area contributed by atoms with Crippen LogP contribution in [0.1, 0.15) is 24.2 Å². The molecule has 0 saturated carbocycles. The van der Waals surface area contributed by atoms with Crippen LogP contribution in [0.3, 0.4) is 0 Å². The Labute approximate surface area is 117 Å². The molecule has 1 aromatic heterocycles. The minimum atomic E-state index is -0.243. The van der Waals surface area contributed by atoms with Crippen LogP contribution in [0, 0.1) is 5.82 Å². The van der Waals surface area contributed by atoms with Crippen molar-refractivity contribution in [3.05, 3.63) is 47.4 Å². The minimum absolute atomic E-state index is 0. The van der Waals surface area contributed by atoms with Crippen LogP contribution in [0.5, 0.6) is 0 Å². The molecule has 1 N–H and O–H groups in total. The number of hydrogen-bond acceptors (Lipinski definition) is 4. The van der Waals surface area contributed by atoms with E-state index in [-0.39, 0.29) is 18.2 Å². The van der Waals surface area contributed by atoms with Gasteiger partial charge in [0.1, 0.15) is 5.82 Å². The van der Waals surface area contributed by atoms with Gasteiger partial charge in [-0.05, 0) is 31.7 Å². The van der Waals surface area contributed by atoms with Gasteiger partial charge in [-0.15, -0.1) is 12.4 Å². The van der Waals surface area contributed by atoms with Gasteiger partial charge >= 0.3 is 0 Å². The number of rotatable bonds is 5.